The van der Waals surface area contributed by atoms with Crippen molar-refractivity contribution < 1.29 is 9.90 Å². The van der Waals surface area contributed by atoms with Crippen molar-refractivity contribution in [2.45, 2.75) is 19.3 Å². The lowest BCUT2D eigenvalue weighted by Gasteiger charge is -2.23. The second-order valence-corrected chi connectivity index (χ2v) is 6.47. The lowest BCUT2D eigenvalue weighted by molar-refractivity contribution is -0.116. The predicted octanol–water partition coefficient (Wildman–Crippen LogP) is 1.80. The Kier molecular flexibility index (Phi) is 3.23. The van der Waals surface area contributed by atoms with E-state index < -0.39 is 0 Å². The maximum Gasteiger partial charge on any atom is 0.226 e. The monoisotopic (exact) mass is 361 g/mol. The maximum atomic E-state index is 12.3. The number of rotatable bonds is 2. The van der Waals surface area contributed by atoms with Gasteiger partial charge in [0.2, 0.25) is 5.91 Å². The van der Waals surface area contributed by atoms with E-state index in [1.165, 1.54) is 0 Å². The summed E-state index contributed by atoms with van der Waals surface area (Å²) in [5.74, 6) is 1.78. The van der Waals surface area contributed by atoms with Crippen LogP contribution in [0.1, 0.15) is 29.3 Å². The number of phenols is 1. The van der Waals surface area contributed by atoms with Crippen molar-refractivity contribution in [2.75, 3.05) is 5.32 Å². The molecular formula is C18H15N7O2. The Morgan fingerprint density at radius 1 is 1.15 bits per heavy atom. The molecule has 0 unspecified atom stereocenters. The fourth-order valence-corrected chi connectivity index (χ4v) is 3.40. The van der Waals surface area contributed by atoms with E-state index in [2.05, 4.69) is 25.7 Å². The minimum atomic E-state index is -0.136. The van der Waals surface area contributed by atoms with Crippen molar-refractivity contribution in [2.24, 2.45) is 0 Å². The van der Waals surface area contributed by atoms with Gasteiger partial charge < -0.3 is 10.4 Å². The van der Waals surface area contributed by atoms with Crippen molar-refractivity contribution >= 4 is 17.4 Å². The lowest BCUT2D eigenvalue weighted by Crippen LogP contribution is -2.24. The molecule has 1 amide bonds. The molecule has 0 spiro atoms. The molecule has 0 bridgehead atoms. The number of carbonyl (C=O) groups excluding carboxylic acids is 1. The summed E-state index contributed by atoms with van der Waals surface area (Å²) in [6.07, 6.45) is 2.07. The number of aromatic hydroxyl groups is 1. The summed E-state index contributed by atoms with van der Waals surface area (Å²) < 4.78 is 3.24. The summed E-state index contributed by atoms with van der Waals surface area (Å²) in [6, 6.07) is 10.5. The summed E-state index contributed by atoms with van der Waals surface area (Å²) in [7, 11) is 0. The molecule has 1 aliphatic rings. The zero-order valence-electron chi connectivity index (χ0n) is 14.4. The van der Waals surface area contributed by atoms with Crippen LogP contribution in [0.5, 0.6) is 5.75 Å². The van der Waals surface area contributed by atoms with Crippen LogP contribution in [0.3, 0.4) is 0 Å². The molecule has 1 atom stereocenters. The molecule has 0 aliphatic carbocycles. The molecule has 1 aromatic carbocycles. The third-order valence-corrected chi connectivity index (χ3v) is 4.74. The van der Waals surface area contributed by atoms with Gasteiger partial charge in [0.05, 0.1) is 6.20 Å². The van der Waals surface area contributed by atoms with Crippen LogP contribution in [0, 0.1) is 6.92 Å². The molecule has 9 heteroatoms. The summed E-state index contributed by atoms with van der Waals surface area (Å²) in [4.78, 5) is 12.3. The second-order valence-electron chi connectivity index (χ2n) is 6.47. The van der Waals surface area contributed by atoms with Gasteiger partial charge in [-0.05, 0) is 36.8 Å². The number of anilines is 1. The Balaban J connectivity index is 1.63. The van der Waals surface area contributed by atoms with Crippen LogP contribution in [0.4, 0.5) is 5.82 Å². The van der Waals surface area contributed by atoms with E-state index in [1.54, 1.807) is 39.7 Å². The molecule has 3 aromatic heterocycles. The molecule has 0 radical (unpaired) electrons. The number of nitrogens with one attached hydrogen (secondary N) is 1. The third kappa shape index (κ3) is 2.43. The quantitative estimate of drug-likeness (QED) is 0.563. The highest BCUT2D eigenvalue weighted by Crippen LogP contribution is 2.38. The van der Waals surface area contributed by atoms with Crippen LogP contribution in [0.15, 0.2) is 42.6 Å². The van der Waals surface area contributed by atoms with Crippen LogP contribution in [-0.4, -0.2) is 40.6 Å². The number of hydrogen-bond acceptors (Lipinski definition) is 6. The van der Waals surface area contributed by atoms with E-state index >= 15 is 0 Å². The minimum absolute atomic E-state index is 0.0936. The summed E-state index contributed by atoms with van der Waals surface area (Å²) in [5, 5.41) is 29.5. The SMILES string of the molecule is Cc1nnc2ccc(-n3ncc4c3NC(=O)C[C@@H]4c3ccc(O)cc3)nn12. The zero-order valence-corrected chi connectivity index (χ0v) is 14.4. The molecular weight excluding hydrogens is 346 g/mol. The smallest absolute Gasteiger partial charge is 0.226 e. The van der Waals surface area contributed by atoms with Gasteiger partial charge in [0, 0.05) is 17.9 Å². The number of benzene rings is 1. The van der Waals surface area contributed by atoms with Crippen molar-refractivity contribution in [3.63, 3.8) is 0 Å². The molecule has 1 aliphatic heterocycles. The van der Waals surface area contributed by atoms with Gasteiger partial charge in [-0.25, -0.2) is 0 Å². The van der Waals surface area contributed by atoms with Crippen LogP contribution in [0.2, 0.25) is 0 Å². The number of aromatic nitrogens is 6. The lowest BCUT2D eigenvalue weighted by atomic mass is 9.87. The largest absolute Gasteiger partial charge is 0.508 e. The first-order chi connectivity index (χ1) is 13.1. The van der Waals surface area contributed by atoms with Crippen LogP contribution in [-0.2, 0) is 4.79 Å². The van der Waals surface area contributed by atoms with E-state index in [4.69, 9.17) is 0 Å². The Bertz CT molecular complexity index is 1180. The van der Waals surface area contributed by atoms with Gasteiger partial charge in [0.1, 0.15) is 11.6 Å². The molecule has 5 rings (SSSR count). The van der Waals surface area contributed by atoms with Crippen LogP contribution in [0.25, 0.3) is 11.5 Å². The predicted molar refractivity (Wildman–Crippen MR) is 95.8 cm³/mol. The van der Waals surface area contributed by atoms with Crippen molar-refractivity contribution in [1.82, 2.24) is 29.6 Å². The Hall–Kier alpha value is -3.75. The first-order valence-electron chi connectivity index (χ1n) is 8.46. The molecule has 134 valence electrons. The zero-order chi connectivity index (χ0) is 18.5. The average molecular weight is 361 g/mol. The summed E-state index contributed by atoms with van der Waals surface area (Å²) in [6.45, 7) is 1.82. The Morgan fingerprint density at radius 2 is 1.96 bits per heavy atom. The minimum Gasteiger partial charge on any atom is -0.508 e. The molecule has 0 fully saturated rings. The Labute approximate surface area is 153 Å². The van der Waals surface area contributed by atoms with E-state index in [-0.39, 0.29) is 17.6 Å². The number of amides is 1. The van der Waals surface area contributed by atoms with E-state index in [9.17, 15) is 9.90 Å². The summed E-state index contributed by atoms with van der Waals surface area (Å²) in [5.41, 5.74) is 2.49. The molecule has 27 heavy (non-hydrogen) atoms. The van der Waals surface area contributed by atoms with E-state index in [0.717, 1.165) is 11.1 Å². The fourth-order valence-electron chi connectivity index (χ4n) is 3.40. The second kappa shape index (κ2) is 5.63. The maximum absolute atomic E-state index is 12.3. The van der Waals surface area contributed by atoms with Crippen molar-refractivity contribution in [3.8, 4) is 11.6 Å². The van der Waals surface area contributed by atoms with Gasteiger partial charge in [0.15, 0.2) is 17.3 Å². The molecule has 2 N–H and O–H groups in total. The number of carbonyl (C=O) groups is 1. The number of phenolic OH excluding ortho intramolecular Hbond substituents is 1. The average Bonchev–Trinajstić information content (AvgIpc) is 3.25. The third-order valence-electron chi connectivity index (χ3n) is 4.74. The highest BCUT2D eigenvalue weighted by Gasteiger charge is 2.30. The summed E-state index contributed by atoms with van der Waals surface area (Å²) >= 11 is 0. The van der Waals surface area contributed by atoms with Gasteiger partial charge in [0.25, 0.3) is 0 Å². The van der Waals surface area contributed by atoms with E-state index in [0.29, 0.717) is 29.5 Å². The molecule has 4 aromatic rings. The normalized spacial score (nSPS) is 16.3. The van der Waals surface area contributed by atoms with Gasteiger partial charge in [-0.3, -0.25) is 4.79 Å². The van der Waals surface area contributed by atoms with Gasteiger partial charge in [-0.1, -0.05) is 12.1 Å². The molecule has 0 saturated heterocycles. The van der Waals surface area contributed by atoms with Crippen molar-refractivity contribution in [1.29, 1.82) is 0 Å². The Morgan fingerprint density at radius 3 is 2.78 bits per heavy atom. The van der Waals surface area contributed by atoms with Gasteiger partial charge >= 0.3 is 0 Å². The first-order valence-corrected chi connectivity index (χ1v) is 8.46. The highest BCUT2D eigenvalue weighted by atomic mass is 16.3. The van der Waals surface area contributed by atoms with Gasteiger partial charge in [-0.15, -0.1) is 15.3 Å². The van der Waals surface area contributed by atoms with Crippen molar-refractivity contribution in [3.05, 3.63) is 59.5 Å². The number of aryl methyl sites for hydroxylation is 1. The van der Waals surface area contributed by atoms with Gasteiger partial charge in [-0.2, -0.15) is 14.3 Å². The molecule has 4 heterocycles. The topological polar surface area (TPSA) is 110 Å². The number of hydrogen-bond donors (Lipinski definition) is 2. The van der Waals surface area contributed by atoms with E-state index in [1.807, 2.05) is 19.1 Å². The number of fused-ring (bicyclic) bond motifs is 2. The molecule has 9 nitrogen and oxygen atoms in total. The fraction of sp³-hybridized carbons (Fsp3) is 0.167. The highest BCUT2D eigenvalue weighted by molar-refractivity contribution is 5.94. The first kappa shape index (κ1) is 15.5. The van der Waals surface area contributed by atoms with Crippen LogP contribution >= 0.6 is 0 Å². The standard InChI is InChI=1S/C18H15N7O2/c1-10-21-22-15-6-7-16(23-24(10)15)25-18-14(9-19-25)13(8-17(27)20-18)11-2-4-12(26)5-3-11/h2-7,9,13,26H,8H2,1H3,(H,20,27)/t13-/m1/s1. The van der Waals surface area contributed by atoms with Crippen LogP contribution < -0.4 is 5.32 Å². The molecule has 0 saturated carbocycles. The number of nitrogens with zero attached hydrogens (tertiary/aromatic N) is 6.